The van der Waals surface area contributed by atoms with Gasteiger partial charge in [-0.15, -0.1) is 24.0 Å². The fraction of sp³-hybridized carbons (Fsp3) is 0.600. The third-order valence-corrected chi connectivity index (χ3v) is 4.82. The molecule has 2 rings (SSSR count). The third-order valence-electron chi connectivity index (χ3n) is 4.82. The van der Waals surface area contributed by atoms with Gasteiger partial charge in [0.15, 0.2) is 5.96 Å². The number of amides is 1. The fourth-order valence-corrected chi connectivity index (χ4v) is 3.36. The third kappa shape index (κ3) is 7.29. The van der Waals surface area contributed by atoms with E-state index in [1.54, 1.807) is 7.05 Å². The Morgan fingerprint density at radius 2 is 2.00 bits per heavy atom. The molecule has 0 saturated heterocycles. The van der Waals surface area contributed by atoms with E-state index in [-0.39, 0.29) is 35.8 Å². The van der Waals surface area contributed by atoms with Crippen molar-refractivity contribution in [2.75, 3.05) is 39.5 Å². The number of anilines is 1. The van der Waals surface area contributed by atoms with E-state index in [1.165, 1.54) is 5.56 Å². The van der Waals surface area contributed by atoms with E-state index in [4.69, 9.17) is 0 Å². The van der Waals surface area contributed by atoms with Crippen LogP contribution >= 0.6 is 24.0 Å². The molecule has 3 N–H and O–H groups in total. The maximum atomic E-state index is 12.0. The van der Waals surface area contributed by atoms with Gasteiger partial charge in [-0.3, -0.25) is 9.79 Å². The molecule has 0 bridgehead atoms. The van der Waals surface area contributed by atoms with Gasteiger partial charge in [0.2, 0.25) is 5.91 Å². The van der Waals surface area contributed by atoms with Gasteiger partial charge in [-0.25, -0.2) is 0 Å². The van der Waals surface area contributed by atoms with Crippen molar-refractivity contribution < 1.29 is 4.79 Å². The van der Waals surface area contributed by atoms with Gasteiger partial charge in [0.1, 0.15) is 0 Å². The number of halogens is 1. The van der Waals surface area contributed by atoms with Gasteiger partial charge >= 0.3 is 0 Å². The molecule has 6 nitrogen and oxygen atoms in total. The van der Waals surface area contributed by atoms with E-state index in [9.17, 15) is 4.79 Å². The molecule has 0 saturated carbocycles. The number of carbonyl (C=O) groups is 1. The molecule has 0 aromatic heterocycles. The van der Waals surface area contributed by atoms with E-state index in [0.717, 1.165) is 24.6 Å². The number of nitrogens with zero attached hydrogens (tertiary/aromatic N) is 2. The Hall–Kier alpha value is -1.35. The van der Waals surface area contributed by atoms with Gasteiger partial charge < -0.3 is 20.9 Å². The predicted octanol–water partition coefficient (Wildman–Crippen LogP) is 2.87. The number of aliphatic imine (C=N–C) groups is 1. The Morgan fingerprint density at radius 1 is 1.30 bits per heavy atom. The Bertz CT molecular complexity index is 633. The second-order valence-corrected chi connectivity index (χ2v) is 7.62. The van der Waals surface area contributed by atoms with Crippen LogP contribution in [0.1, 0.15) is 38.2 Å². The Balaban J connectivity index is 0.00000364. The number of rotatable bonds is 7. The number of fused-ring (bicyclic) bond motifs is 1. The van der Waals surface area contributed by atoms with Gasteiger partial charge in [-0.05, 0) is 38.1 Å². The highest BCUT2D eigenvalue weighted by Crippen LogP contribution is 2.31. The average Bonchev–Trinajstić information content (AvgIpc) is 2.59. The summed E-state index contributed by atoms with van der Waals surface area (Å²) in [5, 5.41) is 9.76. The van der Waals surface area contributed by atoms with Crippen LogP contribution in [0.5, 0.6) is 0 Å². The number of hydrogen-bond acceptors (Lipinski definition) is 3. The Kier molecular flexibility index (Phi) is 10.1. The molecule has 1 amide bonds. The first-order valence-electron chi connectivity index (χ1n) is 9.40. The lowest BCUT2D eigenvalue weighted by molar-refractivity contribution is -0.116. The van der Waals surface area contributed by atoms with Crippen LogP contribution < -0.4 is 16.0 Å². The van der Waals surface area contributed by atoms with E-state index >= 15 is 0 Å². The van der Waals surface area contributed by atoms with Crippen LogP contribution in [0.3, 0.4) is 0 Å². The van der Waals surface area contributed by atoms with Crippen LogP contribution in [0.15, 0.2) is 29.3 Å². The number of likely N-dealkylation sites (N-methyl/N-ethyl adjacent to an activating group) is 1. The molecule has 1 aromatic rings. The number of hydrogen-bond donors (Lipinski definition) is 3. The number of nitrogens with one attached hydrogen (secondary N) is 3. The largest absolute Gasteiger partial charge is 0.356 e. The van der Waals surface area contributed by atoms with Crippen molar-refractivity contribution >= 4 is 41.5 Å². The molecule has 2 unspecified atom stereocenters. The second kappa shape index (κ2) is 11.5. The highest BCUT2D eigenvalue weighted by atomic mass is 127. The molecular weight excluding hydrogens is 453 g/mol. The minimum Gasteiger partial charge on any atom is -0.356 e. The van der Waals surface area contributed by atoms with Crippen molar-refractivity contribution in [3.8, 4) is 0 Å². The van der Waals surface area contributed by atoms with E-state index in [2.05, 4.69) is 59.9 Å². The molecule has 0 aliphatic carbocycles. The number of para-hydroxylation sites is 1. The topological polar surface area (TPSA) is 68.8 Å². The zero-order chi connectivity index (χ0) is 19.1. The van der Waals surface area contributed by atoms with E-state index < -0.39 is 0 Å². The second-order valence-electron chi connectivity index (χ2n) is 7.62. The van der Waals surface area contributed by atoms with Crippen molar-refractivity contribution in [2.45, 2.75) is 38.6 Å². The summed E-state index contributed by atoms with van der Waals surface area (Å²) in [4.78, 5) is 18.5. The van der Waals surface area contributed by atoms with Crippen molar-refractivity contribution in [1.82, 2.24) is 15.5 Å². The normalized spacial score (nSPS) is 17.8. The standard InChI is InChI=1S/C20H33N5O.HI/c1-14(2)10-16(25(4)5)13-23-20(21-3)22-12-15-11-19(26)24-18-9-7-6-8-17(15)18;/h6-9,14-16H,10-13H2,1-5H3,(H,24,26)(H2,21,22,23);1H. The molecule has 1 aliphatic heterocycles. The zero-order valence-corrected chi connectivity index (χ0v) is 19.4. The quantitative estimate of drug-likeness (QED) is 0.315. The highest BCUT2D eigenvalue weighted by Gasteiger charge is 2.24. The van der Waals surface area contributed by atoms with Crippen molar-refractivity contribution in [2.24, 2.45) is 10.9 Å². The number of benzene rings is 1. The first-order chi connectivity index (χ1) is 12.4. The minimum absolute atomic E-state index is 0. The summed E-state index contributed by atoms with van der Waals surface area (Å²) in [7, 11) is 6.01. The van der Waals surface area contributed by atoms with Gasteiger partial charge in [0.05, 0.1) is 0 Å². The Morgan fingerprint density at radius 3 is 2.63 bits per heavy atom. The molecule has 1 heterocycles. The van der Waals surface area contributed by atoms with Gasteiger partial charge in [0.25, 0.3) is 0 Å². The highest BCUT2D eigenvalue weighted by molar-refractivity contribution is 14.0. The van der Waals surface area contributed by atoms with Gasteiger partial charge in [0, 0.05) is 44.2 Å². The molecular formula is C20H34IN5O. The van der Waals surface area contributed by atoms with Gasteiger partial charge in [-0.1, -0.05) is 32.0 Å². The van der Waals surface area contributed by atoms with Crippen molar-refractivity contribution in [1.29, 1.82) is 0 Å². The fourth-order valence-electron chi connectivity index (χ4n) is 3.36. The smallest absolute Gasteiger partial charge is 0.225 e. The molecule has 0 radical (unpaired) electrons. The van der Waals surface area contributed by atoms with Crippen LogP contribution in [0.2, 0.25) is 0 Å². The molecule has 152 valence electrons. The summed E-state index contributed by atoms with van der Waals surface area (Å²) in [6.07, 6.45) is 1.63. The molecule has 0 spiro atoms. The van der Waals surface area contributed by atoms with E-state index in [1.807, 2.05) is 18.2 Å². The molecule has 1 aromatic carbocycles. The summed E-state index contributed by atoms with van der Waals surface area (Å²) in [6.45, 7) is 6.01. The maximum absolute atomic E-state index is 12.0. The minimum atomic E-state index is 0. The van der Waals surface area contributed by atoms with E-state index in [0.29, 0.717) is 24.9 Å². The predicted molar refractivity (Wildman–Crippen MR) is 124 cm³/mol. The first-order valence-corrected chi connectivity index (χ1v) is 9.40. The molecule has 27 heavy (non-hydrogen) atoms. The monoisotopic (exact) mass is 487 g/mol. The summed E-state index contributed by atoms with van der Waals surface area (Å²) in [5.74, 6) is 1.65. The van der Waals surface area contributed by atoms with Crippen LogP contribution in [-0.2, 0) is 4.79 Å². The van der Waals surface area contributed by atoms with Crippen LogP contribution in [0.25, 0.3) is 0 Å². The summed E-state index contributed by atoms with van der Waals surface area (Å²) >= 11 is 0. The summed E-state index contributed by atoms with van der Waals surface area (Å²) in [6, 6.07) is 8.46. The first kappa shape index (κ1) is 23.7. The van der Waals surface area contributed by atoms with Gasteiger partial charge in [-0.2, -0.15) is 0 Å². The molecule has 2 atom stereocenters. The lowest BCUT2D eigenvalue weighted by atomic mass is 9.90. The SMILES string of the molecule is CN=C(NCC1CC(=O)Nc2ccccc21)NCC(CC(C)C)N(C)C.I. The lowest BCUT2D eigenvalue weighted by Crippen LogP contribution is -2.46. The van der Waals surface area contributed by atoms with Crippen LogP contribution in [-0.4, -0.2) is 57.0 Å². The Labute approximate surface area is 180 Å². The summed E-state index contributed by atoms with van der Waals surface area (Å²) in [5.41, 5.74) is 2.10. The molecule has 0 fully saturated rings. The molecule has 1 aliphatic rings. The number of guanidine groups is 1. The van der Waals surface area contributed by atoms with Crippen molar-refractivity contribution in [3.63, 3.8) is 0 Å². The zero-order valence-electron chi connectivity index (χ0n) is 17.1. The van der Waals surface area contributed by atoms with Crippen LogP contribution in [0.4, 0.5) is 5.69 Å². The maximum Gasteiger partial charge on any atom is 0.225 e. The van der Waals surface area contributed by atoms with Crippen LogP contribution in [0, 0.1) is 5.92 Å². The van der Waals surface area contributed by atoms with Crippen molar-refractivity contribution in [3.05, 3.63) is 29.8 Å². The average molecular weight is 487 g/mol. The lowest BCUT2D eigenvalue weighted by Gasteiger charge is -2.28. The number of carbonyl (C=O) groups excluding carboxylic acids is 1. The molecule has 7 heteroatoms. The summed E-state index contributed by atoms with van der Waals surface area (Å²) < 4.78 is 0.